The van der Waals surface area contributed by atoms with E-state index in [9.17, 15) is 19.8 Å². The van der Waals surface area contributed by atoms with Crippen molar-refractivity contribution in [3.8, 4) is 0 Å². The second-order valence-corrected chi connectivity index (χ2v) is 12.3. The highest BCUT2D eigenvalue weighted by Gasteiger charge is 2.02. The third kappa shape index (κ3) is 51.8. The number of rotatable bonds is 31. The van der Waals surface area contributed by atoms with Crippen LogP contribution in [0.2, 0.25) is 0 Å². The Morgan fingerprint density at radius 1 is 0.478 bits per heavy atom. The van der Waals surface area contributed by atoms with E-state index >= 15 is 0 Å². The highest BCUT2D eigenvalue weighted by molar-refractivity contribution is 5.66. The number of allylic oxidation sites excluding steroid dienone is 2. The Bertz CT molecular complexity index is 609. The third-order valence-corrected chi connectivity index (χ3v) is 7.55. The summed E-state index contributed by atoms with van der Waals surface area (Å²) in [6.07, 6.45) is 34.7. The Labute approximate surface area is 282 Å². The maximum atomic E-state index is 10.3. The summed E-state index contributed by atoms with van der Waals surface area (Å²) in [5.74, 6) is -1.38. The Kier molecular flexibility index (Phi) is 45.8. The Hall–Kier alpha value is -1.74. The molecule has 274 valence electrons. The number of aliphatic hydroxyl groups excluding tert-OH is 4. The van der Waals surface area contributed by atoms with Gasteiger partial charge in [0.25, 0.3) is 0 Å². The smallest absolute Gasteiger partial charge is 0.303 e. The normalized spacial score (nSPS) is 12.4. The van der Waals surface area contributed by atoms with Gasteiger partial charge in [0.15, 0.2) is 0 Å². The first kappa shape index (κ1) is 48.7. The van der Waals surface area contributed by atoms with Gasteiger partial charge < -0.3 is 30.6 Å². The van der Waals surface area contributed by atoms with E-state index in [1.165, 1.54) is 51.4 Å². The molecule has 0 aliphatic carbocycles. The summed E-state index contributed by atoms with van der Waals surface area (Å²) in [4.78, 5) is 20.7. The molecule has 8 nitrogen and oxygen atoms in total. The third-order valence-electron chi connectivity index (χ3n) is 7.55. The predicted molar refractivity (Wildman–Crippen MR) is 191 cm³/mol. The fourth-order valence-corrected chi connectivity index (χ4v) is 4.73. The molecule has 0 aliphatic rings. The summed E-state index contributed by atoms with van der Waals surface area (Å²) in [7, 11) is 0. The van der Waals surface area contributed by atoms with Crippen molar-refractivity contribution in [2.24, 2.45) is 0 Å². The van der Waals surface area contributed by atoms with Gasteiger partial charge in [0.1, 0.15) is 0 Å². The number of aliphatic carboxylic acids is 2. The summed E-state index contributed by atoms with van der Waals surface area (Å²) >= 11 is 0. The van der Waals surface area contributed by atoms with E-state index in [1.807, 2.05) is 0 Å². The van der Waals surface area contributed by atoms with Gasteiger partial charge >= 0.3 is 11.9 Å². The minimum atomic E-state index is -0.689. The largest absolute Gasteiger partial charge is 0.481 e. The molecule has 0 unspecified atom stereocenters. The van der Waals surface area contributed by atoms with Crippen LogP contribution in [0.3, 0.4) is 0 Å². The van der Waals surface area contributed by atoms with Crippen LogP contribution in [-0.2, 0) is 9.59 Å². The highest BCUT2D eigenvalue weighted by Crippen LogP contribution is 2.12. The van der Waals surface area contributed by atoms with E-state index in [4.69, 9.17) is 20.4 Å². The number of unbranched alkanes of at least 4 members (excludes halogenated alkanes) is 16. The van der Waals surface area contributed by atoms with Crippen LogP contribution in [0.25, 0.3) is 0 Å². The molecule has 0 rings (SSSR count). The molecule has 0 radical (unpaired) electrons. The highest BCUT2D eigenvalue weighted by atomic mass is 16.4. The first-order valence-corrected chi connectivity index (χ1v) is 18.6. The topological polar surface area (TPSA) is 156 Å². The molecule has 0 aromatic carbocycles. The van der Waals surface area contributed by atoms with Crippen molar-refractivity contribution in [3.05, 3.63) is 24.3 Å². The molecule has 0 heterocycles. The number of carboxylic acid groups (broad SMARTS) is 2. The molecule has 0 aromatic heterocycles. The average Bonchev–Trinajstić information content (AvgIpc) is 3.03. The molecule has 0 bridgehead atoms. The fraction of sp³-hybridized carbons (Fsp3) is 0.842. The molecular weight excluding hydrogens is 584 g/mol. The quantitative estimate of drug-likeness (QED) is 0.0318. The molecule has 0 fully saturated rings. The SMILES string of the molecule is CCCCCC[C@@H](O)CC=CCCCCCCCC(=O)O.CCCCCC[C@@H](O)CC=CCCCCCCCC(=O)O.OCCO. The van der Waals surface area contributed by atoms with E-state index in [0.29, 0.717) is 12.8 Å². The maximum absolute atomic E-state index is 10.3. The van der Waals surface area contributed by atoms with Crippen LogP contribution in [0.5, 0.6) is 0 Å². The number of carboxylic acids is 2. The summed E-state index contributed by atoms with van der Waals surface area (Å²) in [6, 6.07) is 0. The van der Waals surface area contributed by atoms with Gasteiger partial charge in [-0.15, -0.1) is 0 Å². The first-order chi connectivity index (χ1) is 22.2. The van der Waals surface area contributed by atoms with Crippen molar-refractivity contribution in [1.82, 2.24) is 0 Å². The number of hydrogen-bond donors (Lipinski definition) is 6. The van der Waals surface area contributed by atoms with Gasteiger partial charge in [0.2, 0.25) is 0 Å². The van der Waals surface area contributed by atoms with Crippen LogP contribution in [0.4, 0.5) is 0 Å². The lowest BCUT2D eigenvalue weighted by Crippen LogP contribution is -2.04. The summed E-state index contributed by atoms with van der Waals surface area (Å²) < 4.78 is 0. The monoisotopic (exact) mass is 659 g/mol. The summed E-state index contributed by atoms with van der Waals surface area (Å²) in [5.41, 5.74) is 0. The standard InChI is InChI=1S/2C18H34O3.C2H6O2/c2*1-2-3-4-11-14-17(19)15-12-9-7-5-6-8-10-13-16-18(20)21;3-1-2-4/h2*9,12,17,19H,2-8,10-11,13-16H2,1H3,(H,20,21);3-4H,1-2H2/t2*17-;/m11./s1. The van der Waals surface area contributed by atoms with Crippen molar-refractivity contribution in [2.45, 2.75) is 193 Å². The van der Waals surface area contributed by atoms with E-state index in [0.717, 1.165) is 103 Å². The molecular formula is C38H74O8. The molecule has 6 N–H and O–H groups in total. The van der Waals surface area contributed by atoms with Crippen molar-refractivity contribution >= 4 is 11.9 Å². The predicted octanol–water partition coefficient (Wildman–Crippen LogP) is 9.13. The molecule has 0 saturated carbocycles. The zero-order valence-corrected chi connectivity index (χ0v) is 29.8. The van der Waals surface area contributed by atoms with Crippen LogP contribution in [-0.4, -0.2) is 68.0 Å². The van der Waals surface area contributed by atoms with Crippen LogP contribution < -0.4 is 0 Å². The second kappa shape index (κ2) is 43.3. The fourth-order valence-electron chi connectivity index (χ4n) is 4.73. The van der Waals surface area contributed by atoms with Gasteiger partial charge in [-0.25, -0.2) is 0 Å². The van der Waals surface area contributed by atoms with E-state index in [-0.39, 0.29) is 25.4 Å². The number of hydrogen-bond acceptors (Lipinski definition) is 6. The van der Waals surface area contributed by atoms with Gasteiger partial charge in [0.05, 0.1) is 25.4 Å². The summed E-state index contributed by atoms with van der Waals surface area (Å²) in [6.45, 7) is 4.15. The summed E-state index contributed by atoms with van der Waals surface area (Å²) in [5, 5.41) is 51.9. The van der Waals surface area contributed by atoms with Gasteiger partial charge in [-0.1, -0.05) is 128 Å². The molecule has 8 heteroatoms. The molecule has 0 spiro atoms. The Balaban J connectivity index is -0.000000719. The molecule has 0 aliphatic heterocycles. The minimum absolute atomic E-state index is 0.125. The lowest BCUT2D eigenvalue weighted by Gasteiger charge is -2.07. The molecule has 0 aromatic rings. The molecule has 0 saturated heterocycles. The zero-order valence-electron chi connectivity index (χ0n) is 29.8. The zero-order chi connectivity index (χ0) is 34.9. The van der Waals surface area contributed by atoms with Crippen LogP contribution in [0.1, 0.15) is 181 Å². The average molecular weight is 659 g/mol. The van der Waals surface area contributed by atoms with E-state index < -0.39 is 11.9 Å². The minimum Gasteiger partial charge on any atom is -0.481 e. The van der Waals surface area contributed by atoms with Gasteiger partial charge in [-0.05, 0) is 64.2 Å². The maximum Gasteiger partial charge on any atom is 0.303 e. The van der Waals surface area contributed by atoms with Gasteiger partial charge in [-0.2, -0.15) is 0 Å². The van der Waals surface area contributed by atoms with Crippen molar-refractivity contribution in [1.29, 1.82) is 0 Å². The van der Waals surface area contributed by atoms with Crippen LogP contribution in [0.15, 0.2) is 24.3 Å². The first-order valence-electron chi connectivity index (χ1n) is 18.6. The second-order valence-electron chi connectivity index (χ2n) is 12.3. The lowest BCUT2D eigenvalue weighted by molar-refractivity contribution is -0.138. The van der Waals surface area contributed by atoms with Gasteiger partial charge in [-0.3, -0.25) is 9.59 Å². The van der Waals surface area contributed by atoms with Gasteiger partial charge in [0, 0.05) is 12.8 Å². The molecule has 46 heavy (non-hydrogen) atoms. The lowest BCUT2D eigenvalue weighted by atomic mass is 10.1. The molecule has 2 atom stereocenters. The Morgan fingerprint density at radius 2 is 0.804 bits per heavy atom. The van der Waals surface area contributed by atoms with E-state index in [1.54, 1.807) is 0 Å². The van der Waals surface area contributed by atoms with E-state index in [2.05, 4.69) is 38.2 Å². The molecule has 0 amide bonds. The van der Waals surface area contributed by atoms with Crippen LogP contribution in [0, 0.1) is 0 Å². The number of carbonyl (C=O) groups is 2. The Morgan fingerprint density at radius 3 is 1.13 bits per heavy atom. The van der Waals surface area contributed by atoms with Crippen molar-refractivity contribution < 1.29 is 40.2 Å². The number of aliphatic hydroxyl groups is 4. The van der Waals surface area contributed by atoms with Crippen molar-refractivity contribution in [3.63, 3.8) is 0 Å². The van der Waals surface area contributed by atoms with Crippen LogP contribution >= 0.6 is 0 Å². The van der Waals surface area contributed by atoms with Crippen molar-refractivity contribution in [2.75, 3.05) is 13.2 Å².